The van der Waals surface area contributed by atoms with Gasteiger partial charge in [-0.25, -0.2) is 13.6 Å². The summed E-state index contributed by atoms with van der Waals surface area (Å²) in [5.41, 5.74) is 2.86. The van der Waals surface area contributed by atoms with E-state index in [-0.39, 0.29) is 10.7 Å². The first-order valence-electron chi connectivity index (χ1n) is 6.78. The molecule has 0 fully saturated rings. The molecule has 0 spiro atoms. The quantitative estimate of drug-likeness (QED) is 0.937. The molecule has 0 bridgehead atoms. The lowest BCUT2D eigenvalue weighted by atomic mass is 9.97. The molecule has 0 amide bonds. The van der Waals surface area contributed by atoms with E-state index in [0.717, 1.165) is 29.7 Å². The summed E-state index contributed by atoms with van der Waals surface area (Å²) in [6, 6.07) is 8.38. The molecule has 2 N–H and O–H groups in total. The van der Waals surface area contributed by atoms with Crippen molar-refractivity contribution < 1.29 is 13.2 Å². The fraction of sp³-hybridized carbons (Fsp3) is 0.267. The summed E-state index contributed by atoms with van der Waals surface area (Å²) in [5.74, 6) is 0.208. The number of aromatic nitrogens is 1. The molecule has 3 rings (SSSR count). The summed E-state index contributed by atoms with van der Waals surface area (Å²) >= 11 is 0. The second-order valence-corrected chi connectivity index (χ2v) is 6.83. The van der Waals surface area contributed by atoms with Crippen molar-refractivity contribution in [1.29, 1.82) is 0 Å². The average Bonchev–Trinajstić information content (AvgIpc) is 2.83. The Morgan fingerprint density at radius 1 is 1.10 bits per heavy atom. The van der Waals surface area contributed by atoms with Gasteiger partial charge in [0.15, 0.2) is 5.78 Å². The Bertz CT molecular complexity index is 789. The molecule has 5 nitrogen and oxygen atoms in total. The van der Waals surface area contributed by atoms with Crippen LogP contribution in [0.15, 0.2) is 41.4 Å². The molecule has 21 heavy (non-hydrogen) atoms. The fourth-order valence-corrected chi connectivity index (χ4v) is 3.23. The number of rotatable bonds is 3. The number of carbonyl (C=O) groups is 1. The number of nitrogens with zero attached hydrogens (tertiary/aromatic N) is 1. The van der Waals surface area contributed by atoms with Crippen molar-refractivity contribution in [3.8, 4) is 0 Å². The van der Waals surface area contributed by atoms with Crippen LogP contribution in [0.3, 0.4) is 0 Å². The standard InChI is InChI=1S/C15H16N2O3S/c16-21(19,20)12-6-4-11(5-7-12)10-17-9-8-13-14(17)2-1-3-15(13)18/h4-9H,1-3,10H2,(H2,16,19,20). The van der Waals surface area contributed by atoms with Gasteiger partial charge in [0, 0.05) is 30.4 Å². The highest BCUT2D eigenvalue weighted by molar-refractivity contribution is 7.89. The van der Waals surface area contributed by atoms with Crippen molar-refractivity contribution in [3.63, 3.8) is 0 Å². The Morgan fingerprint density at radius 2 is 1.81 bits per heavy atom. The van der Waals surface area contributed by atoms with Crippen LogP contribution in [0.5, 0.6) is 0 Å². The zero-order valence-electron chi connectivity index (χ0n) is 11.5. The van der Waals surface area contributed by atoms with E-state index in [2.05, 4.69) is 4.57 Å². The highest BCUT2D eigenvalue weighted by atomic mass is 32.2. The lowest BCUT2D eigenvalue weighted by Crippen LogP contribution is -2.14. The van der Waals surface area contributed by atoms with Crippen molar-refractivity contribution in [1.82, 2.24) is 4.57 Å². The maximum Gasteiger partial charge on any atom is 0.238 e. The van der Waals surface area contributed by atoms with Gasteiger partial charge in [0.25, 0.3) is 0 Å². The lowest BCUT2D eigenvalue weighted by Gasteiger charge is -2.15. The summed E-state index contributed by atoms with van der Waals surface area (Å²) in [4.78, 5) is 11.9. The summed E-state index contributed by atoms with van der Waals surface area (Å²) in [6.07, 6.45) is 4.34. The molecular formula is C15H16N2O3S. The molecule has 1 aliphatic rings. The van der Waals surface area contributed by atoms with Crippen LogP contribution in [0.1, 0.15) is 34.5 Å². The fourth-order valence-electron chi connectivity index (χ4n) is 2.72. The smallest absolute Gasteiger partial charge is 0.238 e. The van der Waals surface area contributed by atoms with E-state index in [1.165, 1.54) is 12.1 Å². The molecule has 0 saturated heterocycles. The number of hydrogen-bond acceptors (Lipinski definition) is 3. The van der Waals surface area contributed by atoms with Crippen LogP contribution in [0.4, 0.5) is 0 Å². The van der Waals surface area contributed by atoms with Crippen LogP contribution in [-0.2, 0) is 23.0 Å². The number of benzene rings is 1. The van der Waals surface area contributed by atoms with Crippen LogP contribution in [0, 0.1) is 0 Å². The van der Waals surface area contributed by atoms with E-state index in [9.17, 15) is 13.2 Å². The minimum atomic E-state index is -3.65. The van der Waals surface area contributed by atoms with Crippen molar-refractivity contribution in [3.05, 3.63) is 53.3 Å². The summed E-state index contributed by atoms with van der Waals surface area (Å²) in [5, 5.41) is 5.08. The van der Waals surface area contributed by atoms with E-state index in [0.29, 0.717) is 13.0 Å². The minimum Gasteiger partial charge on any atom is -0.346 e. The number of sulfonamides is 1. The monoisotopic (exact) mass is 304 g/mol. The van der Waals surface area contributed by atoms with Gasteiger partial charge in [-0.1, -0.05) is 12.1 Å². The topological polar surface area (TPSA) is 82.2 Å². The zero-order chi connectivity index (χ0) is 15.0. The van der Waals surface area contributed by atoms with Crippen molar-refractivity contribution in [2.45, 2.75) is 30.7 Å². The largest absolute Gasteiger partial charge is 0.346 e. The van der Waals surface area contributed by atoms with Crippen LogP contribution in [0.2, 0.25) is 0 Å². The highest BCUT2D eigenvalue weighted by Gasteiger charge is 2.20. The van der Waals surface area contributed by atoms with E-state index < -0.39 is 10.0 Å². The maximum atomic E-state index is 11.8. The SMILES string of the molecule is NS(=O)(=O)c1ccc(Cn2ccc3c2CCCC3=O)cc1. The van der Waals surface area contributed by atoms with Gasteiger partial charge in [0.2, 0.25) is 10.0 Å². The molecule has 6 heteroatoms. The van der Waals surface area contributed by atoms with Crippen molar-refractivity contribution >= 4 is 15.8 Å². The number of carbonyl (C=O) groups excluding carboxylic acids is 1. The van der Waals surface area contributed by atoms with E-state index in [1.807, 2.05) is 12.3 Å². The molecule has 110 valence electrons. The maximum absolute atomic E-state index is 11.8. The Morgan fingerprint density at radius 3 is 2.48 bits per heavy atom. The number of Topliss-reactive ketones (excluding diaryl/α,β-unsaturated/α-hetero) is 1. The first-order valence-corrected chi connectivity index (χ1v) is 8.33. The number of primary sulfonamides is 1. The van der Waals surface area contributed by atoms with Crippen LogP contribution < -0.4 is 5.14 Å². The molecule has 0 radical (unpaired) electrons. The molecule has 1 aliphatic carbocycles. The van der Waals surface area contributed by atoms with Gasteiger partial charge in [-0.15, -0.1) is 0 Å². The summed E-state index contributed by atoms with van der Waals surface area (Å²) in [7, 11) is -3.65. The van der Waals surface area contributed by atoms with Crippen LogP contribution in [-0.4, -0.2) is 18.8 Å². The minimum absolute atomic E-state index is 0.107. The van der Waals surface area contributed by atoms with Gasteiger partial charge < -0.3 is 4.57 Å². The van der Waals surface area contributed by atoms with Gasteiger partial charge >= 0.3 is 0 Å². The van der Waals surface area contributed by atoms with Gasteiger partial charge in [0.1, 0.15) is 0 Å². The molecule has 0 aliphatic heterocycles. The number of nitrogens with two attached hydrogens (primary N) is 1. The van der Waals surface area contributed by atoms with Gasteiger partial charge in [0.05, 0.1) is 4.90 Å². The molecule has 0 saturated carbocycles. The molecule has 0 atom stereocenters. The normalized spacial score (nSPS) is 15.0. The second-order valence-electron chi connectivity index (χ2n) is 5.27. The first-order chi connectivity index (χ1) is 9.95. The van der Waals surface area contributed by atoms with E-state index in [4.69, 9.17) is 5.14 Å². The third-order valence-corrected chi connectivity index (χ3v) is 4.73. The molecule has 1 aromatic heterocycles. The Hall–Kier alpha value is -1.92. The average molecular weight is 304 g/mol. The molecule has 0 unspecified atom stereocenters. The lowest BCUT2D eigenvalue weighted by molar-refractivity contribution is 0.0972. The van der Waals surface area contributed by atoms with E-state index >= 15 is 0 Å². The van der Waals surface area contributed by atoms with Crippen LogP contribution >= 0.6 is 0 Å². The predicted molar refractivity (Wildman–Crippen MR) is 78.6 cm³/mol. The Kier molecular flexibility index (Phi) is 3.43. The Balaban J connectivity index is 1.86. The number of ketones is 1. The van der Waals surface area contributed by atoms with Crippen molar-refractivity contribution in [2.75, 3.05) is 0 Å². The summed E-state index contributed by atoms with van der Waals surface area (Å²) in [6.45, 7) is 0.619. The van der Waals surface area contributed by atoms with Gasteiger partial charge in [-0.2, -0.15) is 0 Å². The Labute approximate surface area is 123 Å². The highest BCUT2D eigenvalue weighted by Crippen LogP contribution is 2.23. The number of hydrogen-bond donors (Lipinski definition) is 1. The van der Waals surface area contributed by atoms with Gasteiger partial charge in [-0.3, -0.25) is 4.79 Å². The third-order valence-electron chi connectivity index (χ3n) is 3.80. The van der Waals surface area contributed by atoms with Crippen LogP contribution in [0.25, 0.3) is 0 Å². The molecule has 1 heterocycles. The molecular weight excluding hydrogens is 288 g/mol. The molecule has 1 aromatic carbocycles. The van der Waals surface area contributed by atoms with Gasteiger partial charge in [-0.05, 0) is 36.6 Å². The molecule has 2 aromatic rings. The predicted octanol–water partition coefficient (Wildman–Crippen LogP) is 1.70. The number of fused-ring (bicyclic) bond motifs is 1. The second kappa shape index (κ2) is 5.13. The zero-order valence-corrected chi connectivity index (χ0v) is 12.3. The van der Waals surface area contributed by atoms with E-state index in [1.54, 1.807) is 12.1 Å². The van der Waals surface area contributed by atoms with Crippen molar-refractivity contribution in [2.24, 2.45) is 5.14 Å². The first kappa shape index (κ1) is 14.0. The third kappa shape index (κ3) is 2.77. The summed E-state index contributed by atoms with van der Waals surface area (Å²) < 4.78 is 24.5.